The van der Waals surface area contributed by atoms with E-state index in [-0.39, 0.29) is 23.1 Å². The number of anilines is 2. The number of aryl methyl sites for hydroxylation is 1. The summed E-state index contributed by atoms with van der Waals surface area (Å²) in [6.07, 6.45) is 1.44. The molecule has 6 nitrogen and oxygen atoms in total. The summed E-state index contributed by atoms with van der Waals surface area (Å²) in [6.45, 7) is 2.09. The van der Waals surface area contributed by atoms with Gasteiger partial charge in [-0.2, -0.15) is 0 Å². The summed E-state index contributed by atoms with van der Waals surface area (Å²) in [6, 6.07) is 23.5. The Morgan fingerprint density at radius 1 is 0.921 bits per heavy atom. The predicted molar refractivity (Wildman–Crippen MR) is 147 cm³/mol. The minimum Gasteiger partial charge on any atom is -0.487 e. The molecule has 0 aliphatic carbocycles. The summed E-state index contributed by atoms with van der Waals surface area (Å²) in [7, 11) is -3.52. The van der Waals surface area contributed by atoms with Crippen LogP contribution in [-0.4, -0.2) is 18.4 Å². The minimum atomic E-state index is -3.52. The van der Waals surface area contributed by atoms with Crippen molar-refractivity contribution >= 4 is 43.8 Å². The number of hydrogen-bond donors (Lipinski definition) is 1. The third kappa shape index (κ3) is 5.93. The number of fused-ring (bicyclic) bond motifs is 1. The van der Waals surface area contributed by atoms with Crippen molar-refractivity contribution in [2.24, 2.45) is 0 Å². The molecule has 0 amide bonds. The van der Waals surface area contributed by atoms with E-state index in [9.17, 15) is 12.8 Å². The van der Waals surface area contributed by atoms with Crippen molar-refractivity contribution in [1.82, 2.24) is 9.97 Å². The molecule has 4 aromatic carbocycles. The molecule has 1 N–H and O–H groups in total. The summed E-state index contributed by atoms with van der Waals surface area (Å²) >= 11 is 6.44. The van der Waals surface area contributed by atoms with Crippen molar-refractivity contribution in [2.75, 3.05) is 5.32 Å². The minimum absolute atomic E-state index is 0.149. The lowest BCUT2D eigenvalue weighted by Crippen LogP contribution is -2.05. The second-order valence-electron chi connectivity index (χ2n) is 8.83. The Morgan fingerprint density at radius 3 is 2.50 bits per heavy atom. The smallest absolute Gasteiger partial charge is 0.182 e. The van der Waals surface area contributed by atoms with Gasteiger partial charge in [-0.3, -0.25) is 0 Å². The quantitative estimate of drug-likeness (QED) is 0.225. The number of nitrogens with one attached hydrogen (secondary N) is 1. The van der Waals surface area contributed by atoms with Gasteiger partial charge in [-0.1, -0.05) is 47.5 Å². The Labute approximate surface area is 225 Å². The molecule has 5 rings (SSSR count). The molecule has 38 heavy (non-hydrogen) atoms. The number of rotatable bonds is 8. The molecule has 0 radical (unpaired) electrons. The molecule has 5 aromatic rings. The van der Waals surface area contributed by atoms with Gasteiger partial charge in [0, 0.05) is 11.1 Å². The average molecular weight is 548 g/mol. The van der Waals surface area contributed by atoms with Gasteiger partial charge >= 0.3 is 0 Å². The molecule has 0 saturated heterocycles. The molecule has 0 spiro atoms. The Balaban J connectivity index is 1.36. The van der Waals surface area contributed by atoms with Gasteiger partial charge in [0.15, 0.2) is 9.84 Å². The standard InChI is InChI=1S/C29H23ClFN3O3S/c1-19-5-9-24(10-6-19)38(35,36)17-21-7-11-27-25(14-21)29(33-18-32-27)34-23-8-12-28(26(30)15-23)37-16-20-3-2-4-22(31)13-20/h2-15,18H,16-17H2,1H3,(H,32,33,34). The fourth-order valence-electron chi connectivity index (χ4n) is 3.96. The van der Waals surface area contributed by atoms with Crippen LogP contribution in [0.3, 0.4) is 0 Å². The summed E-state index contributed by atoms with van der Waals surface area (Å²) < 4.78 is 45.1. The first-order valence-corrected chi connectivity index (χ1v) is 13.8. The molecule has 0 bridgehead atoms. The summed E-state index contributed by atoms with van der Waals surface area (Å²) in [5, 5.41) is 4.28. The van der Waals surface area contributed by atoms with Crippen LogP contribution in [0.15, 0.2) is 96.2 Å². The first-order chi connectivity index (χ1) is 18.3. The van der Waals surface area contributed by atoms with Crippen LogP contribution in [0.5, 0.6) is 5.75 Å². The van der Waals surface area contributed by atoms with Crippen LogP contribution in [0.4, 0.5) is 15.9 Å². The number of benzene rings is 4. The van der Waals surface area contributed by atoms with Gasteiger partial charge in [0.1, 0.15) is 30.3 Å². The zero-order valence-corrected chi connectivity index (χ0v) is 21.9. The monoisotopic (exact) mass is 547 g/mol. The molecule has 0 atom stereocenters. The number of ether oxygens (including phenoxy) is 1. The van der Waals surface area contributed by atoms with E-state index in [2.05, 4.69) is 15.3 Å². The van der Waals surface area contributed by atoms with Gasteiger partial charge in [-0.25, -0.2) is 22.8 Å². The van der Waals surface area contributed by atoms with E-state index >= 15 is 0 Å². The number of halogens is 2. The van der Waals surface area contributed by atoms with Crippen molar-refractivity contribution in [3.05, 3.63) is 119 Å². The lowest BCUT2D eigenvalue weighted by atomic mass is 10.1. The van der Waals surface area contributed by atoms with Crippen LogP contribution >= 0.6 is 11.6 Å². The van der Waals surface area contributed by atoms with Gasteiger partial charge < -0.3 is 10.1 Å². The first kappa shape index (κ1) is 25.6. The molecule has 0 unspecified atom stereocenters. The molecule has 1 heterocycles. The lowest BCUT2D eigenvalue weighted by Gasteiger charge is -2.12. The molecule has 192 valence electrons. The van der Waals surface area contributed by atoms with Gasteiger partial charge in [0.2, 0.25) is 0 Å². The molecular formula is C29H23ClFN3O3S. The van der Waals surface area contributed by atoms with Crippen LogP contribution in [-0.2, 0) is 22.2 Å². The van der Waals surface area contributed by atoms with Crippen molar-refractivity contribution < 1.29 is 17.5 Å². The highest BCUT2D eigenvalue weighted by Gasteiger charge is 2.16. The van der Waals surface area contributed by atoms with Crippen molar-refractivity contribution in [3.63, 3.8) is 0 Å². The van der Waals surface area contributed by atoms with Gasteiger partial charge in [-0.05, 0) is 72.6 Å². The Bertz CT molecular complexity index is 1730. The van der Waals surface area contributed by atoms with E-state index in [4.69, 9.17) is 16.3 Å². The molecule has 0 aliphatic rings. The zero-order valence-electron chi connectivity index (χ0n) is 20.4. The predicted octanol–water partition coefficient (Wildman–Crippen LogP) is 7.03. The summed E-state index contributed by atoms with van der Waals surface area (Å²) in [5.41, 5.74) is 3.63. The second kappa shape index (κ2) is 10.8. The maximum absolute atomic E-state index is 13.4. The first-order valence-electron chi connectivity index (χ1n) is 11.7. The van der Waals surface area contributed by atoms with Crippen LogP contribution in [0.2, 0.25) is 5.02 Å². The third-order valence-corrected chi connectivity index (χ3v) is 7.91. The van der Waals surface area contributed by atoms with E-state index in [1.165, 1.54) is 18.5 Å². The maximum Gasteiger partial charge on any atom is 0.182 e. The van der Waals surface area contributed by atoms with Gasteiger partial charge in [-0.15, -0.1) is 0 Å². The topological polar surface area (TPSA) is 81.2 Å². The van der Waals surface area contributed by atoms with Gasteiger partial charge in [0.25, 0.3) is 0 Å². The van der Waals surface area contributed by atoms with Crippen molar-refractivity contribution in [3.8, 4) is 5.75 Å². The molecular weight excluding hydrogens is 525 g/mol. The average Bonchev–Trinajstić information content (AvgIpc) is 2.89. The van der Waals surface area contributed by atoms with E-state index in [0.29, 0.717) is 44.3 Å². The van der Waals surface area contributed by atoms with E-state index in [1.54, 1.807) is 72.8 Å². The Morgan fingerprint density at radius 2 is 1.74 bits per heavy atom. The number of sulfone groups is 1. The van der Waals surface area contributed by atoms with Crippen molar-refractivity contribution in [2.45, 2.75) is 24.2 Å². The Hall–Kier alpha value is -4.01. The molecule has 0 fully saturated rings. The summed E-state index contributed by atoms with van der Waals surface area (Å²) in [5.74, 6) is 0.486. The molecule has 1 aromatic heterocycles. The Kier molecular flexibility index (Phi) is 7.26. The number of nitrogens with zero attached hydrogens (tertiary/aromatic N) is 2. The molecule has 9 heteroatoms. The fourth-order valence-corrected chi connectivity index (χ4v) is 5.53. The van der Waals surface area contributed by atoms with Crippen LogP contribution in [0, 0.1) is 12.7 Å². The van der Waals surface area contributed by atoms with Gasteiger partial charge in [0.05, 0.1) is 21.2 Å². The lowest BCUT2D eigenvalue weighted by molar-refractivity contribution is 0.306. The largest absolute Gasteiger partial charge is 0.487 e. The van der Waals surface area contributed by atoms with Crippen LogP contribution < -0.4 is 10.1 Å². The van der Waals surface area contributed by atoms with E-state index in [0.717, 1.165) is 5.56 Å². The maximum atomic E-state index is 13.4. The third-order valence-electron chi connectivity index (χ3n) is 5.91. The molecule has 0 saturated carbocycles. The highest BCUT2D eigenvalue weighted by Crippen LogP contribution is 2.31. The number of hydrogen-bond acceptors (Lipinski definition) is 6. The normalized spacial score (nSPS) is 11.4. The van der Waals surface area contributed by atoms with Crippen molar-refractivity contribution in [1.29, 1.82) is 0 Å². The summed E-state index contributed by atoms with van der Waals surface area (Å²) in [4.78, 5) is 8.95. The highest BCUT2D eigenvalue weighted by molar-refractivity contribution is 7.90. The second-order valence-corrected chi connectivity index (χ2v) is 11.2. The SMILES string of the molecule is Cc1ccc(S(=O)(=O)Cc2ccc3ncnc(Nc4ccc(OCc5cccc(F)c5)c(Cl)c4)c3c2)cc1. The van der Waals surface area contributed by atoms with E-state index < -0.39 is 9.84 Å². The number of aromatic nitrogens is 2. The fraction of sp³-hybridized carbons (Fsp3) is 0.103. The highest BCUT2D eigenvalue weighted by atomic mass is 35.5. The van der Waals surface area contributed by atoms with Crippen LogP contribution in [0.1, 0.15) is 16.7 Å². The zero-order chi connectivity index (χ0) is 26.7. The van der Waals surface area contributed by atoms with E-state index in [1.807, 2.05) is 6.92 Å². The molecule has 0 aliphatic heterocycles. The van der Waals surface area contributed by atoms with Crippen LogP contribution in [0.25, 0.3) is 10.9 Å².